The number of nitriles is 1. The van der Waals surface area contributed by atoms with Crippen LogP contribution in [0.3, 0.4) is 0 Å². The van der Waals surface area contributed by atoms with Gasteiger partial charge in [-0.05, 0) is 69.5 Å². The van der Waals surface area contributed by atoms with E-state index in [0.29, 0.717) is 36.1 Å². The van der Waals surface area contributed by atoms with E-state index in [4.69, 9.17) is 14.5 Å². The van der Waals surface area contributed by atoms with Crippen LogP contribution < -0.4 is 14.4 Å². The number of ether oxygens (including phenoxy) is 2. The maximum absolute atomic E-state index is 13.2. The quantitative estimate of drug-likeness (QED) is 0.185. The van der Waals surface area contributed by atoms with E-state index >= 15 is 0 Å². The van der Waals surface area contributed by atoms with Crippen LogP contribution >= 0.6 is 13.5 Å². The van der Waals surface area contributed by atoms with Crippen molar-refractivity contribution in [2.75, 3.05) is 57.8 Å². The first-order chi connectivity index (χ1) is 21.9. The van der Waals surface area contributed by atoms with Crippen LogP contribution in [0.5, 0.6) is 11.5 Å². The monoisotopic (exact) mass is 641 g/mol. The molecule has 5 heterocycles. The minimum atomic E-state index is -0.170. The Hall–Kier alpha value is -4.11. The summed E-state index contributed by atoms with van der Waals surface area (Å²) in [4.78, 5) is 25.3. The van der Waals surface area contributed by atoms with Crippen molar-refractivity contribution in [3.8, 4) is 28.7 Å². The highest BCUT2D eigenvalue weighted by molar-refractivity contribution is 7.59. The number of para-hydroxylation sites is 1. The van der Waals surface area contributed by atoms with Crippen molar-refractivity contribution in [1.82, 2.24) is 24.4 Å². The van der Waals surface area contributed by atoms with Gasteiger partial charge in [-0.15, -0.1) is 0 Å². The van der Waals surface area contributed by atoms with E-state index in [2.05, 4.69) is 39.8 Å². The Morgan fingerprint density at radius 3 is 2.52 bits per heavy atom. The second-order valence-electron chi connectivity index (χ2n) is 12.4. The molecular formula is C35H43N7O3S. The van der Waals surface area contributed by atoms with Crippen molar-refractivity contribution in [2.24, 2.45) is 5.41 Å². The summed E-state index contributed by atoms with van der Waals surface area (Å²) in [6, 6.07) is 18.1. The minimum Gasteiger partial charge on any atom is -0.492 e. The van der Waals surface area contributed by atoms with Crippen molar-refractivity contribution >= 4 is 30.8 Å². The molecule has 0 N–H and O–H groups in total. The number of rotatable bonds is 9. The number of benzene rings is 1. The van der Waals surface area contributed by atoms with Gasteiger partial charge >= 0.3 is 5.97 Å². The third-order valence-electron chi connectivity index (χ3n) is 9.32. The van der Waals surface area contributed by atoms with Gasteiger partial charge in [-0.1, -0.05) is 18.2 Å². The number of aromatic nitrogens is 3. The molecule has 0 spiro atoms. The number of nitrogens with zero attached hydrogens (tertiary/aromatic N) is 7. The Balaban J connectivity index is 0.00000417. The maximum atomic E-state index is 13.2. The first-order valence-electron chi connectivity index (χ1n) is 15.8. The average Bonchev–Trinajstić information content (AvgIpc) is 3.47. The van der Waals surface area contributed by atoms with E-state index in [1.807, 2.05) is 61.7 Å². The van der Waals surface area contributed by atoms with Crippen LogP contribution in [-0.4, -0.2) is 89.3 Å². The highest BCUT2D eigenvalue weighted by atomic mass is 32.1. The second kappa shape index (κ2) is 14.5. The van der Waals surface area contributed by atoms with Crippen molar-refractivity contribution in [3.63, 3.8) is 0 Å². The van der Waals surface area contributed by atoms with Crippen LogP contribution in [0.1, 0.15) is 38.7 Å². The molecule has 11 heteroatoms. The van der Waals surface area contributed by atoms with Gasteiger partial charge in [0.1, 0.15) is 23.4 Å². The molecule has 2 saturated heterocycles. The van der Waals surface area contributed by atoms with Crippen LogP contribution in [0.25, 0.3) is 16.6 Å². The predicted octanol–water partition coefficient (Wildman–Crippen LogP) is 5.00. The van der Waals surface area contributed by atoms with E-state index in [-0.39, 0.29) is 24.9 Å². The van der Waals surface area contributed by atoms with Crippen molar-refractivity contribution in [2.45, 2.75) is 39.2 Å². The number of piperazine rings is 1. The second-order valence-corrected chi connectivity index (χ2v) is 12.4. The highest BCUT2D eigenvalue weighted by Crippen LogP contribution is 2.39. The van der Waals surface area contributed by atoms with Gasteiger partial charge in [0.25, 0.3) is 0 Å². The van der Waals surface area contributed by atoms with Gasteiger partial charge in [0.05, 0.1) is 36.5 Å². The highest BCUT2D eigenvalue weighted by Gasteiger charge is 2.40. The summed E-state index contributed by atoms with van der Waals surface area (Å²) in [5.41, 5.74) is 2.81. The summed E-state index contributed by atoms with van der Waals surface area (Å²) in [5.74, 6) is 2.01. The molecule has 242 valence electrons. The fourth-order valence-electron chi connectivity index (χ4n) is 6.68. The Morgan fingerprint density at radius 1 is 1.07 bits per heavy atom. The van der Waals surface area contributed by atoms with Gasteiger partial charge in [0.2, 0.25) is 0 Å². The van der Waals surface area contributed by atoms with E-state index in [1.165, 1.54) is 0 Å². The molecule has 0 unspecified atom stereocenters. The van der Waals surface area contributed by atoms with Gasteiger partial charge in [0, 0.05) is 62.6 Å². The molecule has 0 bridgehead atoms. The third-order valence-corrected chi connectivity index (χ3v) is 9.32. The molecule has 0 radical (unpaired) electrons. The molecule has 3 aromatic heterocycles. The number of hydrogen-bond donors (Lipinski definition) is 0. The summed E-state index contributed by atoms with van der Waals surface area (Å²) in [6.07, 6.45) is 7.37. The lowest BCUT2D eigenvalue weighted by molar-refractivity contribution is -0.138. The van der Waals surface area contributed by atoms with Gasteiger partial charge in [-0.25, -0.2) is 9.50 Å². The lowest BCUT2D eigenvalue weighted by Crippen LogP contribution is -2.55. The van der Waals surface area contributed by atoms with Crippen molar-refractivity contribution < 1.29 is 14.3 Å². The number of hydrogen-bond acceptors (Lipinski definition) is 9. The fraction of sp³-hybridized carbons (Fsp3) is 0.429. The number of carbonyl (C=O) groups excluding carboxylic acids is 1. The predicted molar refractivity (Wildman–Crippen MR) is 184 cm³/mol. The summed E-state index contributed by atoms with van der Waals surface area (Å²) >= 11 is 0. The van der Waals surface area contributed by atoms with Gasteiger partial charge < -0.3 is 19.3 Å². The fourth-order valence-corrected chi connectivity index (χ4v) is 6.68. The number of pyridine rings is 2. The number of piperidine rings is 1. The summed E-state index contributed by atoms with van der Waals surface area (Å²) in [6.45, 7) is 10.3. The number of fused-ring (bicyclic) bond motifs is 1. The maximum Gasteiger partial charge on any atom is 0.311 e. The topological polar surface area (TPSA) is 99.2 Å². The number of anilines is 1. The largest absolute Gasteiger partial charge is 0.492 e. The van der Waals surface area contributed by atoms with Crippen molar-refractivity contribution in [1.29, 1.82) is 5.26 Å². The van der Waals surface area contributed by atoms with Crippen LogP contribution in [0.2, 0.25) is 0 Å². The molecule has 1 aromatic carbocycles. The molecule has 46 heavy (non-hydrogen) atoms. The zero-order valence-corrected chi connectivity index (χ0v) is 27.9. The molecule has 6 rings (SSSR count). The Kier molecular flexibility index (Phi) is 10.5. The normalized spacial score (nSPS) is 18.5. The molecule has 10 nitrogen and oxygen atoms in total. The lowest BCUT2D eigenvalue weighted by Gasteiger charge is -2.47. The van der Waals surface area contributed by atoms with Crippen molar-refractivity contribution in [3.05, 3.63) is 72.7 Å². The Labute approximate surface area is 278 Å². The lowest BCUT2D eigenvalue weighted by atomic mass is 9.75. The molecule has 2 aliphatic rings. The SMILES string of the molecule is CCOc1cc(-c2ccc(N3CCC(CC(=O)Oc4ccccc4)(CN4CCN(C)[C@@H](C)C4)CC3)nc2)c2c(C#N)cnn2c1.S. The van der Waals surface area contributed by atoms with Crippen LogP contribution in [0.15, 0.2) is 67.1 Å². The Morgan fingerprint density at radius 2 is 1.85 bits per heavy atom. The molecule has 0 saturated carbocycles. The summed E-state index contributed by atoms with van der Waals surface area (Å²) in [7, 11) is 2.18. The smallest absolute Gasteiger partial charge is 0.311 e. The third kappa shape index (κ3) is 7.30. The van der Waals surface area contributed by atoms with Crippen LogP contribution in [0, 0.1) is 16.7 Å². The van der Waals surface area contributed by atoms with Crippen LogP contribution in [0.4, 0.5) is 5.82 Å². The molecule has 2 aliphatic heterocycles. The first-order valence-corrected chi connectivity index (χ1v) is 15.8. The molecule has 1 atom stereocenters. The summed E-state index contributed by atoms with van der Waals surface area (Å²) in [5, 5.41) is 14.1. The number of esters is 1. The molecule has 0 aliphatic carbocycles. The van der Waals surface area contributed by atoms with Gasteiger partial charge in [0.15, 0.2) is 0 Å². The number of likely N-dealkylation sites (N-methyl/N-ethyl adjacent to an activating group) is 1. The number of carbonyl (C=O) groups is 1. The van der Waals surface area contributed by atoms with Gasteiger partial charge in [-0.2, -0.15) is 23.9 Å². The molecule has 4 aromatic rings. The average molecular weight is 642 g/mol. The Bertz CT molecular complexity index is 1660. The summed E-state index contributed by atoms with van der Waals surface area (Å²) < 4.78 is 13.2. The molecule has 2 fully saturated rings. The van der Waals surface area contributed by atoms with E-state index in [9.17, 15) is 10.1 Å². The van der Waals surface area contributed by atoms with Gasteiger partial charge in [-0.3, -0.25) is 9.69 Å². The van der Waals surface area contributed by atoms with E-state index in [0.717, 1.165) is 74.6 Å². The zero-order chi connectivity index (χ0) is 31.4. The van der Waals surface area contributed by atoms with E-state index < -0.39 is 0 Å². The van der Waals surface area contributed by atoms with E-state index in [1.54, 1.807) is 16.9 Å². The molecule has 0 amide bonds. The van der Waals surface area contributed by atoms with Crippen LogP contribution in [-0.2, 0) is 4.79 Å². The zero-order valence-electron chi connectivity index (χ0n) is 26.9. The standard InChI is InChI=1S/C35H41N7O3.H2S/c1-4-44-30-18-31(34-28(20-36)22-38-42(34)24-30)27-10-11-32(37-21-27)41-14-12-35(13-15-41,25-40-17-16-39(3)26(2)23-40)19-33(43)45-29-8-6-5-7-9-29;/h5-11,18,21-22,24,26H,4,12-17,19,23,25H2,1-3H3;1H2/t26-;/m0./s1. The first kappa shape index (κ1) is 33.3. The minimum absolute atomic E-state index is 0. The molecular weight excluding hydrogens is 598 g/mol.